The maximum atomic E-state index is 12.0. The van der Waals surface area contributed by atoms with Gasteiger partial charge in [-0.1, -0.05) is 30.3 Å². The molecule has 0 aliphatic heterocycles. The summed E-state index contributed by atoms with van der Waals surface area (Å²) in [7, 11) is 0. The van der Waals surface area contributed by atoms with Gasteiger partial charge in [0.15, 0.2) is 0 Å². The Hall–Kier alpha value is -3.08. The van der Waals surface area contributed by atoms with E-state index in [2.05, 4.69) is 10.4 Å². The van der Waals surface area contributed by atoms with Crippen LogP contribution >= 0.6 is 0 Å². The van der Waals surface area contributed by atoms with Crippen LogP contribution < -0.4 is 5.32 Å². The van der Waals surface area contributed by atoms with Crippen LogP contribution in [0.3, 0.4) is 0 Å². The number of amides is 1. The van der Waals surface area contributed by atoms with Crippen molar-refractivity contribution in [2.75, 3.05) is 6.54 Å². The molecule has 1 N–H and O–H groups in total. The Morgan fingerprint density at radius 3 is 2.78 bits per heavy atom. The molecule has 0 bridgehead atoms. The maximum Gasteiger partial charge on any atom is 0.244 e. The molecular formula is C18H17N3O2. The van der Waals surface area contributed by atoms with Crippen molar-refractivity contribution >= 4 is 12.0 Å². The molecule has 0 fully saturated rings. The molecule has 3 aromatic rings. The summed E-state index contributed by atoms with van der Waals surface area (Å²) < 4.78 is 7.21. The Balaban J connectivity index is 1.63. The quantitative estimate of drug-likeness (QED) is 0.712. The zero-order valence-electron chi connectivity index (χ0n) is 12.5. The summed E-state index contributed by atoms with van der Waals surface area (Å²) in [5.41, 5.74) is 0.984. The lowest BCUT2D eigenvalue weighted by molar-refractivity contribution is -0.116. The van der Waals surface area contributed by atoms with Crippen LogP contribution in [-0.4, -0.2) is 22.2 Å². The van der Waals surface area contributed by atoms with Crippen molar-refractivity contribution in [3.63, 3.8) is 0 Å². The molecule has 5 nitrogen and oxygen atoms in total. The molecular weight excluding hydrogens is 290 g/mol. The number of benzene rings is 1. The molecule has 1 amide bonds. The number of aromatic nitrogens is 2. The molecule has 3 rings (SSSR count). The van der Waals surface area contributed by atoms with Gasteiger partial charge in [0.1, 0.15) is 11.8 Å². The number of rotatable bonds is 6. The second-order valence-electron chi connectivity index (χ2n) is 5.01. The van der Waals surface area contributed by atoms with Crippen LogP contribution in [0.5, 0.6) is 0 Å². The van der Waals surface area contributed by atoms with E-state index in [1.54, 1.807) is 23.2 Å². The Kier molecular flexibility index (Phi) is 4.69. The van der Waals surface area contributed by atoms with E-state index in [-0.39, 0.29) is 11.9 Å². The molecule has 1 aromatic carbocycles. The van der Waals surface area contributed by atoms with E-state index in [4.69, 9.17) is 4.42 Å². The van der Waals surface area contributed by atoms with E-state index >= 15 is 0 Å². The zero-order chi connectivity index (χ0) is 15.9. The fraction of sp³-hybridized carbons (Fsp3) is 0.111. The van der Waals surface area contributed by atoms with E-state index in [1.165, 1.54) is 6.08 Å². The van der Waals surface area contributed by atoms with E-state index in [0.29, 0.717) is 6.54 Å². The molecule has 0 radical (unpaired) electrons. The van der Waals surface area contributed by atoms with Gasteiger partial charge in [-0.15, -0.1) is 0 Å². The number of nitrogens with zero attached hydrogens (tertiary/aromatic N) is 2. The van der Waals surface area contributed by atoms with Crippen LogP contribution in [0.25, 0.3) is 6.08 Å². The minimum atomic E-state index is -0.172. The van der Waals surface area contributed by atoms with Crippen LogP contribution in [0.15, 0.2) is 77.7 Å². The molecule has 0 unspecified atom stereocenters. The van der Waals surface area contributed by atoms with E-state index in [9.17, 15) is 4.79 Å². The lowest BCUT2D eigenvalue weighted by Gasteiger charge is -2.15. The molecule has 5 heteroatoms. The molecule has 0 aliphatic carbocycles. The molecule has 2 heterocycles. The van der Waals surface area contributed by atoms with Crippen molar-refractivity contribution < 1.29 is 9.21 Å². The third kappa shape index (κ3) is 3.97. The van der Waals surface area contributed by atoms with Gasteiger partial charge in [-0.3, -0.25) is 9.48 Å². The summed E-state index contributed by atoms with van der Waals surface area (Å²) in [5.74, 6) is 0.596. The van der Waals surface area contributed by atoms with Gasteiger partial charge in [0.05, 0.1) is 6.26 Å². The Bertz CT molecular complexity index is 713. The van der Waals surface area contributed by atoms with Gasteiger partial charge in [-0.2, -0.15) is 5.10 Å². The SMILES string of the molecule is O=C(/C=C/c1ccccc1)NC[C@@H](c1ccco1)n1cccn1. The summed E-state index contributed by atoms with van der Waals surface area (Å²) in [6.45, 7) is 0.396. The predicted molar refractivity (Wildman–Crippen MR) is 87.6 cm³/mol. The minimum absolute atomic E-state index is 0.155. The third-order valence-corrected chi connectivity index (χ3v) is 3.41. The van der Waals surface area contributed by atoms with Crippen LogP contribution in [0.2, 0.25) is 0 Å². The summed E-state index contributed by atoms with van der Waals surface area (Å²) in [6.07, 6.45) is 8.47. The monoisotopic (exact) mass is 307 g/mol. The second kappa shape index (κ2) is 7.26. The molecule has 116 valence electrons. The van der Waals surface area contributed by atoms with Gasteiger partial charge in [0.2, 0.25) is 5.91 Å². The molecule has 0 saturated carbocycles. The first kappa shape index (κ1) is 14.8. The van der Waals surface area contributed by atoms with Crippen LogP contribution in [-0.2, 0) is 4.79 Å². The number of carbonyl (C=O) groups is 1. The van der Waals surface area contributed by atoms with Crippen LogP contribution in [0, 0.1) is 0 Å². The summed E-state index contributed by atoms with van der Waals surface area (Å²) in [5, 5.41) is 7.11. The van der Waals surface area contributed by atoms with Gasteiger partial charge in [0.25, 0.3) is 0 Å². The highest BCUT2D eigenvalue weighted by Crippen LogP contribution is 2.17. The topological polar surface area (TPSA) is 60.1 Å². The van der Waals surface area contributed by atoms with Crippen LogP contribution in [0.4, 0.5) is 0 Å². The van der Waals surface area contributed by atoms with Crippen molar-refractivity contribution in [1.29, 1.82) is 0 Å². The van der Waals surface area contributed by atoms with Crippen molar-refractivity contribution in [3.05, 3.63) is 84.6 Å². The smallest absolute Gasteiger partial charge is 0.244 e. The second-order valence-corrected chi connectivity index (χ2v) is 5.01. The van der Waals surface area contributed by atoms with Gasteiger partial charge >= 0.3 is 0 Å². The van der Waals surface area contributed by atoms with E-state index in [1.807, 2.05) is 54.7 Å². The number of hydrogen-bond donors (Lipinski definition) is 1. The largest absolute Gasteiger partial charge is 0.467 e. The van der Waals surface area contributed by atoms with Crippen molar-refractivity contribution in [3.8, 4) is 0 Å². The van der Waals surface area contributed by atoms with Gasteiger partial charge in [0, 0.05) is 25.0 Å². The minimum Gasteiger partial charge on any atom is -0.467 e. The average molecular weight is 307 g/mol. The van der Waals surface area contributed by atoms with Gasteiger partial charge < -0.3 is 9.73 Å². The van der Waals surface area contributed by atoms with Gasteiger partial charge in [-0.25, -0.2) is 0 Å². The first-order valence-corrected chi connectivity index (χ1v) is 7.36. The normalized spacial score (nSPS) is 12.3. The molecule has 2 aromatic heterocycles. The Morgan fingerprint density at radius 1 is 1.22 bits per heavy atom. The Labute approximate surface area is 134 Å². The summed E-state index contributed by atoms with van der Waals surface area (Å²) in [6, 6.07) is 15.1. The third-order valence-electron chi connectivity index (χ3n) is 3.41. The van der Waals surface area contributed by atoms with E-state index in [0.717, 1.165) is 11.3 Å². The lowest BCUT2D eigenvalue weighted by atomic mass is 10.2. The van der Waals surface area contributed by atoms with Crippen LogP contribution in [0.1, 0.15) is 17.4 Å². The first-order valence-electron chi connectivity index (χ1n) is 7.36. The van der Waals surface area contributed by atoms with Crippen molar-refractivity contribution in [2.24, 2.45) is 0 Å². The number of carbonyl (C=O) groups excluding carboxylic acids is 1. The fourth-order valence-corrected chi connectivity index (χ4v) is 2.26. The van der Waals surface area contributed by atoms with Crippen molar-refractivity contribution in [2.45, 2.75) is 6.04 Å². The summed E-state index contributed by atoms with van der Waals surface area (Å²) >= 11 is 0. The molecule has 0 aliphatic rings. The molecule has 0 saturated heterocycles. The maximum absolute atomic E-state index is 12.0. The molecule has 0 spiro atoms. The number of nitrogens with one attached hydrogen (secondary N) is 1. The standard InChI is InChI=1S/C18H17N3O2/c22-18(10-9-15-6-2-1-3-7-15)19-14-16(17-8-4-13-23-17)21-12-5-11-20-21/h1-13,16H,14H2,(H,19,22)/b10-9+/t16-/m0/s1. The first-order chi connectivity index (χ1) is 11.3. The number of hydrogen-bond acceptors (Lipinski definition) is 3. The summed E-state index contributed by atoms with van der Waals surface area (Å²) in [4.78, 5) is 12.0. The predicted octanol–water partition coefficient (Wildman–Crippen LogP) is 2.90. The average Bonchev–Trinajstić information content (AvgIpc) is 3.28. The van der Waals surface area contributed by atoms with Gasteiger partial charge in [-0.05, 0) is 29.8 Å². The lowest BCUT2D eigenvalue weighted by Crippen LogP contribution is -2.30. The highest BCUT2D eigenvalue weighted by atomic mass is 16.3. The van der Waals surface area contributed by atoms with E-state index < -0.39 is 0 Å². The fourth-order valence-electron chi connectivity index (χ4n) is 2.26. The molecule has 23 heavy (non-hydrogen) atoms. The van der Waals surface area contributed by atoms with Crippen molar-refractivity contribution in [1.82, 2.24) is 15.1 Å². The molecule has 1 atom stereocenters. The highest BCUT2D eigenvalue weighted by molar-refractivity contribution is 5.91. The Morgan fingerprint density at radius 2 is 2.09 bits per heavy atom. The number of furan rings is 1. The zero-order valence-corrected chi connectivity index (χ0v) is 12.5. The highest BCUT2D eigenvalue weighted by Gasteiger charge is 2.17.